The third-order valence-corrected chi connectivity index (χ3v) is 3.38. The van der Waals surface area contributed by atoms with E-state index < -0.39 is 6.09 Å². The highest BCUT2D eigenvalue weighted by molar-refractivity contribution is 5.67. The second-order valence-electron chi connectivity index (χ2n) is 5.13. The van der Waals surface area contributed by atoms with Crippen LogP contribution in [0.3, 0.4) is 0 Å². The third kappa shape index (κ3) is 5.83. The minimum Gasteiger partial charge on any atom is -0.445 e. The molecule has 1 heterocycles. The molecular formula is C17H20N4O2. The minimum absolute atomic E-state index is 0.0404. The van der Waals surface area contributed by atoms with Crippen LogP contribution in [0.25, 0.3) is 0 Å². The van der Waals surface area contributed by atoms with Gasteiger partial charge in [0.2, 0.25) is 0 Å². The molecule has 6 heteroatoms. The number of rotatable bonds is 8. The molecule has 0 saturated carbocycles. The first kappa shape index (κ1) is 16.6. The molecule has 0 N–H and O–H groups in total. The van der Waals surface area contributed by atoms with E-state index in [1.807, 2.05) is 47.2 Å². The van der Waals surface area contributed by atoms with Gasteiger partial charge in [-0.1, -0.05) is 30.3 Å². The van der Waals surface area contributed by atoms with Crippen LogP contribution in [0.2, 0.25) is 0 Å². The second kappa shape index (κ2) is 9.26. The molecule has 6 nitrogen and oxygen atoms in total. The number of nitriles is 1. The molecule has 2 rings (SSSR count). The number of amides is 1. The smallest absolute Gasteiger partial charge is 0.410 e. The van der Waals surface area contributed by atoms with E-state index in [-0.39, 0.29) is 13.2 Å². The summed E-state index contributed by atoms with van der Waals surface area (Å²) >= 11 is 0. The van der Waals surface area contributed by atoms with Crippen molar-refractivity contribution in [1.82, 2.24) is 14.5 Å². The molecule has 1 aromatic carbocycles. The number of aromatic nitrogens is 2. The van der Waals surface area contributed by atoms with Gasteiger partial charge in [-0.2, -0.15) is 5.26 Å². The Morgan fingerprint density at radius 1 is 1.30 bits per heavy atom. The van der Waals surface area contributed by atoms with Crippen molar-refractivity contribution in [1.29, 1.82) is 5.26 Å². The number of imidazole rings is 1. The molecule has 120 valence electrons. The van der Waals surface area contributed by atoms with Gasteiger partial charge in [0.05, 0.1) is 12.4 Å². The lowest BCUT2D eigenvalue weighted by Crippen LogP contribution is -2.33. The maximum atomic E-state index is 12.1. The monoisotopic (exact) mass is 312 g/mol. The van der Waals surface area contributed by atoms with E-state index in [1.165, 1.54) is 4.90 Å². The fourth-order valence-corrected chi connectivity index (χ4v) is 2.15. The molecule has 2 aromatic rings. The largest absolute Gasteiger partial charge is 0.445 e. The summed E-state index contributed by atoms with van der Waals surface area (Å²) < 4.78 is 7.25. The standard InChI is InChI=1S/C17H20N4O2/c18-8-12-21(11-5-4-10-20-13-9-19-15-20)17(22)23-14-16-6-2-1-3-7-16/h1-3,6-7,9,13,15H,4-5,10-12,14H2. The van der Waals surface area contributed by atoms with Crippen molar-refractivity contribution in [3.8, 4) is 6.07 Å². The Morgan fingerprint density at radius 3 is 2.83 bits per heavy atom. The third-order valence-electron chi connectivity index (χ3n) is 3.38. The Morgan fingerprint density at radius 2 is 2.13 bits per heavy atom. The van der Waals surface area contributed by atoms with Crippen LogP contribution >= 0.6 is 0 Å². The predicted octanol–water partition coefficient (Wildman–Crippen LogP) is 2.83. The van der Waals surface area contributed by atoms with E-state index in [0.717, 1.165) is 24.9 Å². The number of hydrogen-bond donors (Lipinski definition) is 0. The van der Waals surface area contributed by atoms with Crippen LogP contribution in [0.4, 0.5) is 4.79 Å². The first-order valence-corrected chi connectivity index (χ1v) is 7.58. The Hall–Kier alpha value is -2.81. The van der Waals surface area contributed by atoms with Gasteiger partial charge < -0.3 is 9.30 Å². The van der Waals surface area contributed by atoms with Crippen LogP contribution in [0.15, 0.2) is 49.1 Å². The van der Waals surface area contributed by atoms with Gasteiger partial charge in [0.1, 0.15) is 13.2 Å². The number of hydrogen-bond acceptors (Lipinski definition) is 4. The lowest BCUT2D eigenvalue weighted by molar-refractivity contribution is 0.0998. The molecule has 0 fully saturated rings. The Labute approximate surface area is 135 Å². The topological polar surface area (TPSA) is 71.2 Å². The van der Waals surface area contributed by atoms with Crippen LogP contribution in [-0.2, 0) is 17.9 Å². The summed E-state index contributed by atoms with van der Waals surface area (Å²) in [5.74, 6) is 0. The molecule has 0 aliphatic rings. The van der Waals surface area contributed by atoms with Crippen molar-refractivity contribution in [2.24, 2.45) is 0 Å². The molecule has 0 bridgehead atoms. The average molecular weight is 312 g/mol. The summed E-state index contributed by atoms with van der Waals surface area (Å²) in [6.45, 7) is 1.62. The quantitative estimate of drug-likeness (QED) is 0.555. The molecule has 0 radical (unpaired) electrons. The molecule has 1 amide bonds. The summed E-state index contributed by atoms with van der Waals surface area (Å²) in [6.07, 6.45) is 6.67. The zero-order chi connectivity index (χ0) is 16.3. The molecule has 0 spiro atoms. The van der Waals surface area contributed by atoms with Gasteiger partial charge in [0.25, 0.3) is 0 Å². The van der Waals surface area contributed by atoms with Gasteiger partial charge in [-0.15, -0.1) is 0 Å². The van der Waals surface area contributed by atoms with E-state index in [9.17, 15) is 4.79 Å². The normalized spacial score (nSPS) is 10.0. The number of ether oxygens (including phenoxy) is 1. The van der Waals surface area contributed by atoms with Crippen LogP contribution in [0, 0.1) is 11.3 Å². The molecule has 0 aliphatic heterocycles. The predicted molar refractivity (Wildman–Crippen MR) is 85.3 cm³/mol. The van der Waals surface area contributed by atoms with Crippen LogP contribution in [0.1, 0.15) is 18.4 Å². The zero-order valence-electron chi connectivity index (χ0n) is 13.0. The zero-order valence-corrected chi connectivity index (χ0v) is 13.0. The first-order chi connectivity index (χ1) is 11.3. The van der Waals surface area contributed by atoms with Crippen molar-refractivity contribution in [3.63, 3.8) is 0 Å². The molecule has 0 saturated heterocycles. The van der Waals surface area contributed by atoms with E-state index >= 15 is 0 Å². The van der Waals surface area contributed by atoms with Crippen LogP contribution in [-0.4, -0.2) is 33.6 Å². The number of nitrogens with zero attached hydrogens (tertiary/aromatic N) is 4. The highest BCUT2D eigenvalue weighted by Gasteiger charge is 2.14. The second-order valence-corrected chi connectivity index (χ2v) is 5.13. The van der Waals surface area contributed by atoms with Gasteiger partial charge in [0.15, 0.2) is 0 Å². The van der Waals surface area contributed by atoms with Crippen molar-refractivity contribution in [2.75, 3.05) is 13.1 Å². The fraction of sp³-hybridized carbons (Fsp3) is 0.353. The number of unbranched alkanes of at least 4 members (excludes halogenated alkanes) is 1. The summed E-state index contributed by atoms with van der Waals surface area (Å²) in [5.41, 5.74) is 0.929. The van der Waals surface area contributed by atoms with Crippen LogP contribution in [0.5, 0.6) is 0 Å². The summed E-state index contributed by atoms with van der Waals surface area (Å²) in [6, 6.07) is 11.5. The average Bonchev–Trinajstić information content (AvgIpc) is 3.10. The Kier molecular flexibility index (Phi) is 6.66. The maximum Gasteiger partial charge on any atom is 0.410 e. The summed E-state index contributed by atoms with van der Waals surface area (Å²) in [7, 11) is 0. The van der Waals surface area contributed by atoms with Gasteiger partial charge >= 0.3 is 6.09 Å². The van der Waals surface area contributed by atoms with Gasteiger partial charge in [-0.3, -0.25) is 4.90 Å². The lowest BCUT2D eigenvalue weighted by atomic mass is 10.2. The van der Waals surface area contributed by atoms with Gasteiger partial charge in [-0.05, 0) is 18.4 Å². The lowest BCUT2D eigenvalue weighted by Gasteiger charge is -2.19. The number of carbonyl (C=O) groups is 1. The van der Waals surface area contributed by atoms with Crippen LogP contribution < -0.4 is 0 Å². The molecular weight excluding hydrogens is 292 g/mol. The van der Waals surface area contributed by atoms with Gasteiger partial charge in [0, 0.05) is 25.5 Å². The molecule has 23 heavy (non-hydrogen) atoms. The Balaban J connectivity index is 1.73. The maximum absolute atomic E-state index is 12.1. The Bertz CT molecular complexity index is 620. The number of aryl methyl sites for hydroxylation is 1. The minimum atomic E-state index is -0.446. The molecule has 0 aliphatic carbocycles. The van der Waals surface area contributed by atoms with E-state index in [1.54, 1.807) is 12.5 Å². The van der Waals surface area contributed by atoms with Crippen molar-refractivity contribution >= 4 is 6.09 Å². The van der Waals surface area contributed by atoms with E-state index in [2.05, 4.69) is 4.98 Å². The highest BCUT2D eigenvalue weighted by Crippen LogP contribution is 2.05. The molecule has 1 aromatic heterocycles. The van der Waals surface area contributed by atoms with Gasteiger partial charge in [-0.25, -0.2) is 9.78 Å². The van der Waals surface area contributed by atoms with E-state index in [4.69, 9.17) is 10.00 Å². The fourth-order valence-electron chi connectivity index (χ4n) is 2.15. The van der Waals surface area contributed by atoms with E-state index in [0.29, 0.717) is 6.54 Å². The first-order valence-electron chi connectivity index (χ1n) is 7.58. The van der Waals surface area contributed by atoms with Crippen molar-refractivity contribution < 1.29 is 9.53 Å². The van der Waals surface area contributed by atoms with Crippen molar-refractivity contribution in [3.05, 3.63) is 54.6 Å². The summed E-state index contributed by atoms with van der Waals surface area (Å²) in [5, 5.41) is 8.87. The molecule has 0 atom stereocenters. The number of benzene rings is 1. The van der Waals surface area contributed by atoms with Crippen molar-refractivity contribution in [2.45, 2.75) is 26.0 Å². The number of carbonyl (C=O) groups excluding carboxylic acids is 1. The molecule has 0 unspecified atom stereocenters. The SMILES string of the molecule is N#CCN(CCCCn1ccnc1)C(=O)OCc1ccccc1. The summed E-state index contributed by atoms with van der Waals surface area (Å²) in [4.78, 5) is 17.5. The highest BCUT2D eigenvalue weighted by atomic mass is 16.6.